The summed E-state index contributed by atoms with van der Waals surface area (Å²) in [5, 5.41) is 21.5. The van der Waals surface area contributed by atoms with E-state index in [1.807, 2.05) is 54.6 Å². The van der Waals surface area contributed by atoms with E-state index in [-0.39, 0.29) is 11.8 Å². The van der Waals surface area contributed by atoms with Crippen LogP contribution in [0.3, 0.4) is 0 Å². The number of para-hydroxylation sites is 1. The molecule has 138 valence electrons. The molecule has 0 radical (unpaired) electrons. The van der Waals surface area contributed by atoms with Crippen molar-refractivity contribution in [1.29, 1.82) is 0 Å². The molecule has 1 saturated heterocycles. The average molecular weight is 363 g/mol. The van der Waals surface area contributed by atoms with Crippen LogP contribution >= 0.6 is 0 Å². The van der Waals surface area contributed by atoms with Gasteiger partial charge in [0.25, 0.3) is 0 Å². The zero-order valence-electron chi connectivity index (χ0n) is 14.8. The molecule has 7 nitrogen and oxygen atoms in total. The predicted molar refractivity (Wildman–Crippen MR) is 104 cm³/mol. The largest absolute Gasteiger partial charge is 0.492 e. The molecule has 0 amide bonds. The molecule has 1 fully saturated rings. The lowest BCUT2D eigenvalue weighted by molar-refractivity contribution is -0.111. The van der Waals surface area contributed by atoms with Crippen LogP contribution in [0, 0.1) is 5.92 Å². The zero-order valence-corrected chi connectivity index (χ0v) is 14.8. The highest BCUT2D eigenvalue weighted by Crippen LogP contribution is 2.31. The van der Waals surface area contributed by atoms with Crippen LogP contribution in [-0.2, 0) is 4.79 Å². The molecule has 1 N–H and O–H groups in total. The molecule has 2 aromatic rings. The van der Waals surface area contributed by atoms with Crippen molar-refractivity contribution in [2.75, 3.05) is 28.1 Å². The minimum Gasteiger partial charge on any atom is -0.492 e. The van der Waals surface area contributed by atoms with E-state index < -0.39 is 0 Å². The fraction of sp³-hybridized carbons (Fsp3) is 0.250. The van der Waals surface area contributed by atoms with Gasteiger partial charge in [-0.3, -0.25) is 0 Å². The van der Waals surface area contributed by atoms with E-state index >= 15 is 0 Å². The second-order valence-electron chi connectivity index (χ2n) is 6.61. The molecule has 0 aliphatic carbocycles. The topological polar surface area (TPSA) is 71.7 Å². The molecular weight excluding hydrogens is 342 g/mol. The Balaban J connectivity index is 1.56. The minimum atomic E-state index is -0.00611. The minimum absolute atomic E-state index is 0.00611. The summed E-state index contributed by atoms with van der Waals surface area (Å²) in [6.07, 6.45) is 4.17. The van der Waals surface area contributed by atoms with Crippen molar-refractivity contribution >= 4 is 23.3 Å². The molecule has 0 atom stereocenters. The van der Waals surface area contributed by atoms with Crippen molar-refractivity contribution in [1.82, 2.24) is 0 Å². The molecule has 0 bridgehead atoms. The van der Waals surface area contributed by atoms with Gasteiger partial charge in [-0.05, 0) is 54.5 Å². The van der Waals surface area contributed by atoms with Crippen molar-refractivity contribution in [2.45, 2.75) is 12.8 Å². The number of anilines is 3. The molecule has 2 aliphatic rings. The summed E-state index contributed by atoms with van der Waals surface area (Å²) < 4.78 is 0. The third-order valence-electron chi connectivity index (χ3n) is 4.89. The predicted octanol–water partition coefficient (Wildman–Crippen LogP) is 4.07. The highest BCUT2D eigenvalue weighted by Gasteiger charge is 2.24. The van der Waals surface area contributed by atoms with Crippen LogP contribution < -0.4 is 15.0 Å². The lowest BCUT2D eigenvalue weighted by Gasteiger charge is -2.34. The second-order valence-corrected chi connectivity index (χ2v) is 6.61. The smallest absolute Gasteiger partial charge is 0.233 e. The summed E-state index contributed by atoms with van der Waals surface area (Å²) in [5.74, 6) is 0.175. The molecule has 2 aromatic carbocycles. The van der Waals surface area contributed by atoms with E-state index in [9.17, 15) is 9.90 Å². The monoisotopic (exact) mass is 363 g/mol. The molecule has 0 aromatic heterocycles. The third-order valence-corrected chi connectivity index (χ3v) is 4.89. The van der Waals surface area contributed by atoms with E-state index in [4.69, 9.17) is 0 Å². The summed E-state index contributed by atoms with van der Waals surface area (Å²) in [7, 11) is 0. The van der Waals surface area contributed by atoms with Gasteiger partial charge in [-0.25, -0.2) is 0 Å². The Kier molecular flexibility index (Phi) is 4.74. The summed E-state index contributed by atoms with van der Waals surface area (Å²) in [4.78, 5) is 13.2. The van der Waals surface area contributed by atoms with E-state index in [0.29, 0.717) is 0 Å². The van der Waals surface area contributed by atoms with Gasteiger partial charge in [0.2, 0.25) is 5.88 Å². The molecule has 4 rings (SSSR count). The van der Waals surface area contributed by atoms with E-state index in [0.717, 1.165) is 49.3 Å². The van der Waals surface area contributed by atoms with Gasteiger partial charge in [-0.15, -0.1) is 10.2 Å². The SMILES string of the molecule is O=CC1CCN(c2ccc(N3C(O)=CN=NN3c3ccccc3)cc2)CC1. The van der Waals surface area contributed by atoms with Crippen LogP contribution in [0.25, 0.3) is 0 Å². The maximum Gasteiger partial charge on any atom is 0.233 e. The van der Waals surface area contributed by atoms with Gasteiger partial charge < -0.3 is 14.8 Å². The number of carbonyl (C=O) groups excluding carboxylic acids is 1. The molecule has 27 heavy (non-hydrogen) atoms. The first kappa shape index (κ1) is 17.1. The number of benzene rings is 2. The number of nitrogens with zero attached hydrogens (tertiary/aromatic N) is 5. The summed E-state index contributed by atoms with van der Waals surface area (Å²) in [6, 6.07) is 17.5. The normalized spacial score (nSPS) is 17.8. The summed E-state index contributed by atoms with van der Waals surface area (Å²) in [5.41, 5.74) is 2.68. The van der Waals surface area contributed by atoms with Gasteiger partial charge >= 0.3 is 0 Å². The number of hydrogen-bond donors (Lipinski definition) is 1. The first-order valence-corrected chi connectivity index (χ1v) is 9.01. The Morgan fingerprint density at radius 1 is 0.926 bits per heavy atom. The standard InChI is InChI=1S/C20H21N5O2/c26-15-16-10-12-23(13-11-16)17-6-8-18(9-7-17)24-20(27)14-21-22-25(24)19-4-2-1-3-5-19/h1-9,14-16,27H,10-13H2. The maximum atomic E-state index is 10.9. The molecule has 2 heterocycles. The van der Waals surface area contributed by atoms with Crippen LogP contribution in [0.5, 0.6) is 0 Å². The number of hydrazine groups is 1. The summed E-state index contributed by atoms with van der Waals surface area (Å²) >= 11 is 0. The van der Waals surface area contributed by atoms with Crippen LogP contribution in [0.2, 0.25) is 0 Å². The molecule has 0 spiro atoms. The number of carbonyl (C=O) groups is 1. The van der Waals surface area contributed by atoms with Gasteiger partial charge in [0.05, 0.1) is 11.4 Å². The lowest BCUT2D eigenvalue weighted by Crippen LogP contribution is -2.40. The van der Waals surface area contributed by atoms with Gasteiger partial charge in [0.15, 0.2) is 0 Å². The first-order valence-electron chi connectivity index (χ1n) is 9.01. The maximum absolute atomic E-state index is 10.9. The zero-order chi connectivity index (χ0) is 18.6. The van der Waals surface area contributed by atoms with Crippen molar-refractivity contribution in [3.05, 3.63) is 66.7 Å². The molecule has 2 aliphatic heterocycles. The fourth-order valence-electron chi connectivity index (χ4n) is 3.39. The number of rotatable bonds is 4. The molecule has 7 heteroatoms. The van der Waals surface area contributed by atoms with Crippen LogP contribution in [0.15, 0.2) is 77.0 Å². The molecule has 0 saturated carbocycles. The second kappa shape index (κ2) is 7.49. The van der Waals surface area contributed by atoms with Gasteiger partial charge in [0.1, 0.15) is 12.5 Å². The number of aliphatic hydroxyl groups excluding tert-OH is 1. The Bertz CT molecular complexity index is 842. The number of aldehydes is 1. The van der Waals surface area contributed by atoms with E-state index in [1.165, 1.54) is 6.20 Å². The van der Waals surface area contributed by atoms with Gasteiger partial charge in [-0.1, -0.05) is 18.2 Å². The van der Waals surface area contributed by atoms with Crippen LogP contribution in [0.1, 0.15) is 12.8 Å². The highest BCUT2D eigenvalue weighted by atomic mass is 16.3. The average Bonchev–Trinajstić information content (AvgIpc) is 2.74. The molecule has 0 unspecified atom stereocenters. The van der Waals surface area contributed by atoms with Crippen LogP contribution in [0.4, 0.5) is 17.1 Å². The summed E-state index contributed by atoms with van der Waals surface area (Å²) in [6.45, 7) is 1.75. The van der Waals surface area contributed by atoms with E-state index in [2.05, 4.69) is 15.2 Å². The van der Waals surface area contributed by atoms with Crippen LogP contribution in [-0.4, -0.2) is 24.5 Å². The number of aliphatic hydroxyl groups is 1. The van der Waals surface area contributed by atoms with Gasteiger partial charge in [0, 0.05) is 24.7 Å². The first-order chi connectivity index (χ1) is 13.3. The third kappa shape index (κ3) is 3.48. The van der Waals surface area contributed by atoms with E-state index in [1.54, 1.807) is 10.1 Å². The van der Waals surface area contributed by atoms with Crippen molar-refractivity contribution < 1.29 is 9.90 Å². The highest BCUT2D eigenvalue weighted by molar-refractivity contribution is 5.64. The van der Waals surface area contributed by atoms with Crippen molar-refractivity contribution in [2.24, 2.45) is 16.3 Å². The van der Waals surface area contributed by atoms with Crippen molar-refractivity contribution in [3.8, 4) is 0 Å². The fourth-order valence-corrected chi connectivity index (χ4v) is 3.39. The Labute approximate surface area is 157 Å². The Hall–Kier alpha value is -3.35. The quantitative estimate of drug-likeness (QED) is 0.829. The van der Waals surface area contributed by atoms with Gasteiger partial charge in [-0.2, -0.15) is 5.01 Å². The number of piperidine rings is 1. The lowest BCUT2D eigenvalue weighted by atomic mass is 9.98. The molecular formula is C20H21N5O2. The number of hydrogen-bond acceptors (Lipinski definition) is 7. The Morgan fingerprint density at radius 2 is 1.59 bits per heavy atom. The Morgan fingerprint density at radius 3 is 2.26 bits per heavy atom. The van der Waals surface area contributed by atoms with Crippen molar-refractivity contribution in [3.63, 3.8) is 0 Å².